The van der Waals surface area contributed by atoms with Crippen LogP contribution in [0.5, 0.6) is 0 Å². The zero-order valence-corrected chi connectivity index (χ0v) is 14.0. The third kappa shape index (κ3) is 4.41. The molecule has 1 fully saturated rings. The van der Waals surface area contributed by atoms with Crippen LogP contribution in [-0.4, -0.2) is 28.8 Å². The Kier molecular flexibility index (Phi) is 6.96. The zero-order chi connectivity index (χ0) is 17.6. The molecule has 23 heavy (non-hydrogen) atoms. The maximum atomic E-state index is 12.8. The van der Waals surface area contributed by atoms with E-state index in [2.05, 4.69) is 5.32 Å². The molecule has 0 aromatic rings. The average molecular weight is 322 g/mol. The molecule has 0 aromatic carbocycles. The molecular weight excluding hydrogens is 296 g/mol. The summed E-state index contributed by atoms with van der Waals surface area (Å²) in [5.74, 6) is 4.52. The third-order valence-electron chi connectivity index (χ3n) is 3.91. The van der Waals surface area contributed by atoms with Gasteiger partial charge in [-0.1, -0.05) is 32.4 Å². The quantitative estimate of drug-likeness (QED) is 0.167. The van der Waals surface area contributed by atoms with Crippen LogP contribution in [0.3, 0.4) is 0 Å². The summed E-state index contributed by atoms with van der Waals surface area (Å²) >= 11 is 0. The van der Waals surface area contributed by atoms with E-state index in [4.69, 9.17) is 11.6 Å². The van der Waals surface area contributed by atoms with Crippen molar-refractivity contribution in [2.45, 2.75) is 58.9 Å². The zero-order valence-electron chi connectivity index (χ0n) is 14.0. The summed E-state index contributed by atoms with van der Waals surface area (Å²) in [5.41, 5.74) is 7.68. The van der Waals surface area contributed by atoms with Gasteiger partial charge in [-0.25, -0.2) is 5.84 Å². The van der Waals surface area contributed by atoms with Gasteiger partial charge in [0, 0.05) is 12.1 Å². The lowest BCUT2D eigenvalue weighted by atomic mass is 9.97. The first kappa shape index (κ1) is 18.9. The van der Waals surface area contributed by atoms with E-state index in [1.165, 1.54) is 0 Å². The Morgan fingerprint density at radius 3 is 2.39 bits per heavy atom. The summed E-state index contributed by atoms with van der Waals surface area (Å²) in [7, 11) is 0. The lowest BCUT2D eigenvalue weighted by molar-refractivity contribution is -0.144. The number of carbonyl (C=O) groups excluding carboxylic acids is 3. The number of piperidine rings is 1. The molecule has 1 aliphatic heterocycles. The second-order valence-electron chi connectivity index (χ2n) is 5.43. The monoisotopic (exact) mass is 322 g/mol. The summed E-state index contributed by atoms with van der Waals surface area (Å²) in [5, 5.41) is 3.10. The minimum Gasteiger partial charge on any atom is -0.398 e. The van der Waals surface area contributed by atoms with Crippen molar-refractivity contribution in [3.05, 3.63) is 22.9 Å². The topological polar surface area (TPSA) is 119 Å². The van der Waals surface area contributed by atoms with Gasteiger partial charge in [0.05, 0.1) is 5.57 Å². The van der Waals surface area contributed by atoms with E-state index in [-0.39, 0.29) is 18.7 Å². The highest BCUT2D eigenvalue weighted by Gasteiger charge is 2.34. The first-order valence-electron chi connectivity index (χ1n) is 7.97. The molecule has 0 spiro atoms. The van der Waals surface area contributed by atoms with Crippen LogP contribution in [0.25, 0.3) is 0 Å². The number of nitrogens with zero attached hydrogens (tertiary/aromatic N) is 1. The van der Waals surface area contributed by atoms with Crippen molar-refractivity contribution in [2.75, 3.05) is 0 Å². The summed E-state index contributed by atoms with van der Waals surface area (Å²) < 4.78 is 0. The van der Waals surface area contributed by atoms with Crippen molar-refractivity contribution in [3.8, 4) is 0 Å². The minimum absolute atomic E-state index is 0.158. The maximum absolute atomic E-state index is 12.8. The van der Waals surface area contributed by atoms with Crippen molar-refractivity contribution in [1.29, 1.82) is 0 Å². The fourth-order valence-corrected chi connectivity index (χ4v) is 2.62. The van der Waals surface area contributed by atoms with Gasteiger partial charge in [-0.05, 0) is 25.7 Å². The van der Waals surface area contributed by atoms with Crippen LogP contribution in [-0.2, 0) is 14.4 Å². The number of nitrogens with two attached hydrogens (primary N) is 2. The van der Waals surface area contributed by atoms with Gasteiger partial charge < -0.3 is 5.73 Å². The molecule has 0 bridgehead atoms. The van der Waals surface area contributed by atoms with Crippen LogP contribution in [0.4, 0.5) is 0 Å². The van der Waals surface area contributed by atoms with Crippen molar-refractivity contribution in [1.82, 2.24) is 10.3 Å². The highest BCUT2D eigenvalue weighted by Crippen LogP contribution is 2.21. The number of imide groups is 1. The largest absolute Gasteiger partial charge is 0.398 e. The van der Waals surface area contributed by atoms with E-state index in [1.54, 1.807) is 6.08 Å². The maximum Gasteiger partial charge on any atom is 0.270 e. The van der Waals surface area contributed by atoms with Crippen LogP contribution in [0.15, 0.2) is 22.9 Å². The molecule has 0 aromatic heterocycles. The van der Waals surface area contributed by atoms with Gasteiger partial charge in [0.1, 0.15) is 6.04 Å². The second kappa shape index (κ2) is 8.47. The minimum atomic E-state index is -0.861. The predicted octanol–water partition coefficient (Wildman–Crippen LogP) is 0.863. The average Bonchev–Trinajstić information content (AvgIpc) is 2.51. The van der Waals surface area contributed by atoms with Crippen LogP contribution < -0.4 is 16.9 Å². The van der Waals surface area contributed by atoms with Gasteiger partial charge >= 0.3 is 0 Å². The second-order valence-corrected chi connectivity index (χ2v) is 5.43. The van der Waals surface area contributed by atoms with Crippen LogP contribution in [0, 0.1) is 0 Å². The lowest BCUT2D eigenvalue weighted by Gasteiger charge is -2.30. The van der Waals surface area contributed by atoms with E-state index in [9.17, 15) is 14.4 Å². The number of rotatable bonds is 6. The fourth-order valence-electron chi connectivity index (χ4n) is 2.62. The number of hydrazine groups is 1. The summed E-state index contributed by atoms with van der Waals surface area (Å²) in [6.07, 6.45) is 4.15. The summed E-state index contributed by atoms with van der Waals surface area (Å²) in [4.78, 5) is 35.9. The smallest absolute Gasteiger partial charge is 0.270 e. The molecule has 0 aliphatic carbocycles. The Hall–Kier alpha value is -2.15. The van der Waals surface area contributed by atoms with Crippen LogP contribution in [0.2, 0.25) is 0 Å². The van der Waals surface area contributed by atoms with Crippen molar-refractivity contribution < 1.29 is 14.4 Å². The van der Waals surface area contributed by atoms with Crippen LogP contribution in [0.1, 0.15) is 52.9 Å². The lowest BCUT2D eigenvalue weighted by Crippen LogP contribution is -2.57. The Balaban J connectivity index is 3.14. The van der Waals surface area contributed by atoms with E-state index in [0.29, 0.717) is 30.5 Å². The van der Waals surface area contributed by atoms with E-state index < -0.39 is 17.9 Å². The standard InChI is InChI=1S/C16H26N4O3/c1-4-7-11(17)14(10(5-2)6-3)16(23)20(18)12-8-9-13(21)19-15(12)22/h7,12H,4-6,8-9,17-18H2,1-3H3,(H,19,21,22). The first-order valence-corrected chi connectivity index (χ1v) is 7.97. The predicted molar refractivity (Wildman–Crippen MR) is 87.4 cm³/mol. The van der Waals surface area contributed by atoms with Gasteiger partial charge in [0.15, 0.2) is 0 Å². The Morgan fingerprint density at radius 1 is 1.30 bits per heavy atom. The van der Waals surface area contributed by atoms with Gasteiger partial charge in [-0.2, -0.15) is 0 Å². The summed E-state index contributed by atoms with van der Waals surface area (Å²) in [6, 6.07) is -0.861. The Morgan fingerprint density at radius 2 is 1.91 bits per heavy atom. The highest BCUT2D eigenvalue weighted by atomic mass is 16.2. The van der Waals surface area contributed by atoms with Crippen LogP contribution >= 0.6 is 0 Å². The van der Waals surface area contributed by atoms with Gasteiger partial charge in [0.2, 0.25) is 5.91 Å². The highest BCUT2D eigenvalue weighted by molar-refractivity contribution is 6.04. The number of nitrogens with one attached hydrogen (secondary N) is 1. The molecular formula is C16H26N4O3. The SMILES string of the molecule is CCC=C(N)C(C(=O)N(N)C1CCC(=O)NC1=O)=C(CC)CC. The fraction of sp³-hybridized carbons (Fsp3) is 0.562. The van der Waals surface area contributed by atoms with E-state index >= 15 is 0 Å². The molecule has 5 N–H and O–H groups in total. The number of amides is 3. The normalized spacial score (nSPS) is 18.4. The third-order valence-corrected chi connectivity index (χ3v) is 3.91. The molecule has 1 rings (SSSR count). The van der Waals surface area contributed by atoms with E-state index in [1.807, 2.05) is 20.8 Å². The molecule has 3 amide bonds. The number of hydrogen-bond acceptors (Lipinski definition) is 5. The Bertz CT molecular complexity index is 546. The molecule has 1 aliphatic rings. The number of carbonyl (C=O) groups is 3. The molecule has 0 saturated carbocycles. The van der Waals surface area contributed by atoms with Crippen molar-refractivity contribution >= 4 is 17.7 Å². The van der Waals surface area contributed by atoms with Gasteiger partial charge in [-0.3, -0.25) is 24.7 Å². The number of allylic oxidation sites excluding steroid dienone is 2. The first-order chi connectivity index (χ1) is 10.9. The molecule has 1 heterocycles. The Labute approximate surface area is 136 Å². The molecule has 1 saturated heterocycles. The molecule has 7 heteroatoms. The van der Waals surface area contributed by atoms with E-state index in [0.717, 1.165) is 10.6 Å². The number of hydrogen-bond donors (Lipinski definition) is 3. The van der Waals surface area contributed by atoms with Gasteiger partial charge in [0.25, 0.3) is 11.8 Å². The molecule has 1 unspecified atom stereocenters. The van der Waals surface area contributed by atoms with Crippen molar-refractivity contribution in [2.24, 2.45) is 11.6 Å². The van der Waals surface area contributed by atoms with Gasteiger partial charge in [-0.15, -0.1) is 0 Å². The molecule has 1 atom stereocenters. The molecule has 128 valence electrons. The van der Waals surface area contributed by atoms with Crippen molar-refractivity contribution in [3.63, 3.8) is 0 Å². The summed E-state index contributed by atoms with van der Waals surface area (Å²) in [6.45, 7) is 5.81. The molecule has 7 nitrogen and oxygen atoms in total. The molecule has 0 radical (unpaired) electrons.